The van der Waals surface area contributed by atoms with E-state index in [1.807, 2.05) is 72.8 Å². The molecular weight excluding hydrogens is 380 g/mol. The van der Waals surface area contributed by atoms with Crippen LogP contribution in [0.3, 0.4) is 0 Å². The van der Waals surface area contributed by atoms with E-state index in [4.69, 9.17) is 4.74 Å². The number of nitrogens with zero attached hydrogens (tertiary/aromatic N) is 1. The number of carbonyl (C=O) groups excluding carboxylic acids is 2. The highest BCUT2D eigenvalue weighted by Crippen LogP contribution is 2.22. The number of aromatic nitrogens is 2. The topological polar surface area (TPSA) is 96.1 Å². The molecule has 0 saturated heterocycles. The van der Waals surface area contributed by atoms with Crippen LogP contribution in [0.4, 0.5) is 0 Å². The summed E-state index contributed by atoms with van der Waals surface area (Å²) in [5.41, 5.74) is 6.53. The lowest BCUT2D eigenvalue weighted by atomic mass is 10.1. The minimum Gasteiger partial charge on any atom is -0.481 e. The molecule has 4 aromatic rings. The summed E-state index contributed by atoms with van der Waals surface area (Å²) in [5, 5.41) is 8.86. The third-order valence-electron chi connectivity index (χ3n) is 4.65. The van der Waals surface area contributed by atoms with E-state index < -0.39 is 17.9 Å². The summed E-state index contributed by atoms with van der Waals surface area (Å²) in [6.45, 7) is 1.62. The van der Waals surface area contributed by atoms with Crippen LogP contribution in [0.5, 0.6) is 5.75 Å². The minimum absolute atomic E-state index is 0.324. The molecule has 0 aliphatic heterocycles. The summed E-state index contributed by atoms with van der Waals surface area (Å²) < 4.78 is 5.72. The molecule has 30 heavy (non-hydrogen) atoms. The summed E-state index contributed by atoms with van der Waals surface area (Å²) in [6.07, 6.45) is 0.614. The van der Waals surface area contributed by atoms with Gasteiger partial charge in [0.1, 0.15) is 5.75 Å². The first-order valence-electron chi connectivity index (χ1n) is 9.46. The number of hydrogen-bond acceptors (Lipinski definition) is 4. The Morgan fingerprint density at radius 1 is 0.933 bits per heavy atom. The number of amides is 2. The normalized spacial score (nSPS) is 11.6. The summed E-state index contributed by atoms with van der Waals surface area (Å²) in [7, 11) is 0. The Bertz CT molecular complexity index is 1190. The van der Waals surface area contributed by atoms with Gasteiger partial charge in [0.25, 0.3) is 11.8 Å². The summed E-state index contributed by atoms with van der Waals surface area (Å²) >= 11 is 0. The van der Waals surface area contributed by atoms with Crippen molar-refractivity contribution in [1.29, 1.82) is 0 Å². The Kier molecular flexibility index (Phi) is 5.43. The number of hydrazine groups is 1. The fraction of sp³-hybridized carbons (Fsp3) is 0.0870. The third kappa shape index (κ3) is 4.15. The molecule has 1 atom stereocenters. The largest absolute Gasteiger partial charge is 0.481 e. The molecule has 0 unspecified atom stereocenters. The van der Waals surface area contributed by atoms with Crippen molar-refractivity contribution in [2.45, 2.75) is 13.0 Å². The molecule has 2 amide bonds. The predicted octanol–water partition coefficient (Wildman–Crippen LogP) is 3.46. The number of fused-ring (bicyclic) bond motifs is 1. The van der Waals surface area contributed by atoms with Gasteiger partial charge >= 0.3 is 0 Å². The zero-order chi connectivity index (χ0) is 20.9. The number of ether oxygens (including phenoxy) is 1. The van der Waals surface area contributed by atoms with Crippen LogP contribution in [0.15, 0.2) is 79.0 Å². The van der Waals surface area contributed by atoms with Crippen LogP contribution in [0.1, 0.15) is 17.3 Å². The molecule has 0 radical (unpaired) electrons. The van der Waals surface area contributed by atoms with E-state index in [9.17, 15) is 9.59 Å². The van der Waals surface area contributed by atoms with Gasteiger partial charge in [-0.1, -0.05) is 60.7 Å². The Hall–Kier alpha value is -4.13. The molecule has 1 aromatic heterocycles. The second-order valence-electron chi connectivity index (χ2n) is 6.74. The number of carbonyl (C=O) groups is 2. The highest BCUT2D eigenvalue weighted by Gasteiger charge is 2.19. The number of rotatable bonds is 5. The third-order valence-corrected chi connectivity index (χ3v) is 4.65. The van der Waals surface area contributed by atoms with E-state index in [-0.39, 0.29) is 0 Å². The Labute approximate surface area is 173 Å². The summed E-state index contributed by atoms with van der Waals surface area (Å²) in [6, 6.07) is 22.8. The van der Waals surface area contributed by atoms with Crippen molar-refractivity contribution < 1.29 is 14.3 Å². The second-order valence-corrected chi connectivity index (χ2v) is 6.74. The zero-order valence-corrected chi connectivity index (χ0v) is 16.3. The summed E-state index contributed by atoms with van der Waals surface area (Å²) in [5.74, 6) is -0.376. The quantitative estimate of drug-likeness (QED) is 0.447. The fourth-order valence-corrected chi connectivity index (χ4v) is 3.07. The van der Waals surface area contributed by atoms with Gasteiger partial charge in [-0.15, -0.1) is 0 Å². The minimum atomic E-state index is -0.801. The second kappa shape index (κ2) is 8.48. The first kappa shape index (κ1) is 19.2. The van der Waals surface area contributed by atoms with Crippen molar-refractivity contribution in [3.8, 4) is 17.0 Å². The van der Waals surface area contributed by atoms with E-state index in [2.05, 4.69) is 21.0 Å². The van der Waals surface area contributed by atoms with Crippen molar-refractivity contribution in [3.63, 3.8) is 0 Å². The molecule has 0 spiro atoms. The lowest BCUT2D eigenvalue weighted by molar-refractivity contribution is -0.128. The molecule has 7 heteroatoms. The molecule has 0 bridgehead atoms. The average molecular weight is 400 g/mol. The van der Waals surface area contributed by atoms with Gasteiger partial charge in [0.15, 0.2) is 6.10 Å². The lowest BCUT2D eigenvalue weighted by Crippen LogP contribution is -2.47. The van der Waals surface area contributed by atoms with Gasteiger partial charge in [0, 0.05) is 5.56 Å². The van der Waals surface area contributed by atoms with Gasteiger partial charge < -0.3 is 4.74 Å². The SMILES string of the molecule is C[C@H](Oc1ccc2ccccc2c1)C(=O)NNC(=O)c1cn[nH]c1-c1ccccc1. The molecule has 150 valence electrons. The van der Waals surface area contributed by atoms with E-state index in [1.165, 1.54) is 6.20 Å². The highest BCUT2D eigenvalue weighted by molar-refractivity contribution is 6.00. The van der Waals surface area contributed by atoms with Gasteiger partial charge in [0.05, 0.1) is 17.5 Å². The predicted molar refractivity (Wildman–Crippen MR) is 114 cm³/mol. The number of aromatic amines is 1. The lowest BCUT2D eigenvalue weighted by Gasteiger charge is -2.15. The molecule has 1 heterocycles. The van der Waals surface area contributed by atoms with Gasteiger partial charge in [-0.2, -0.15) is 5.10 Å². The standard InChI is InChI=1S/C23H20N4O3/c1-15(30-19-12-11-16-7-5-6-10-18(16)13-19)22(28)26-27-23(29)20-14-24-25-21(20)17-8-3-2-4-9-17/h2-15H,1H3,(H,24,25)(H,26,28)(H,27,29)/t15-/m0/s1. The van der Waals surface area contributed by atoms with Crippen LogP contribution in [-0.2, 0) is 4.79 Å². The van der Waals surface area contributed by atoms with Crippen LogP contribution < -0.4 is 15.6 Å². The maximum atomic E-state index is 12.5. The number of H-pyrrole nitrogens is 1. The Balaban J connectivity index is 1.37. The van der Waals surface area contributed by atoms with Crippen molar-refractivity contribution in [3.05, 3.63) is 84.6 Å². The molecule has 3 N–H and O–H groups in total. The molecule has 3 aromatic carbocycles. The van der Waals surface area contributed by atoms with E-state index in [1.54, 1.807) is 6.92 Å². The van der Waals surface area contributed by atoms with Gasteiger partial charge in [-0.05, 0) is 29.8 Å². The van der Waals surface area contributed by atoms with Crippen molar-refractivity contribution in [2.24, 2.45) is 0 Å². The van der Waals surface area contributed by atoms with E-state index in [0.29, 0.717) is 17.0 Å². The highest BCUT2D eigenvalue weighted by atomic mass is 16.5. The van der Waals surface area contributed by atoms with Crippen molar-refractivity contribution in [1.82, 2.24) is 21.0 Å². The Morgan fingerprint density at radius 2 is 1.67 bits per heavy atom. The first-order chi connectivity index (χ1) is 14.6. The fourth-order valence-electron chi connectivity index (χ4n) is 3.07. The number of hydrogen-bond donors (Lipinski definition) is 3. The zero-order valence-electron chi connectivity index (χ0n) is 16.3. The maximum Gasteiger partial charge on any atom is 0.279 e. The monoisotopic (exact) mass is 400 g/mol. The summed E-state index contributed by atoms with van der Waals surface area (Å²) in [4.78, 5) is 24.9. The van der Waals surface area contributed by atoms with Crippen LogP contribution in [0.2, 0.25) is 0 Å². The molecule has 0 aliphatic carbocycles. The van der Waals surface area contributed by atoms with Crippen LogP contribution in [-0.4, -0.2) is 28.1 Å². The smallest absolute Gasteiger partial charge is 0.279 e. The first-order valence-corrected chi connectivity index (χ1v) is 9.46. The van der Waals surface area contributed by atoms with Crippen LogP contribution in [0, 0.1) is 0 Å². The molecule has 0 saturated carbocycles. The van der Waals surface area contributed by atoms with E-state index >= 15 is 0 Å². The van der Waals surface area contributed by atoms with Gasteiger partial charge in [-0.3, -0.25) is 25.5 Å². The molecule has 7 nitrogen and oxygen atoms in total. The van der Waals surface area contributed by atoms with Crippen LogP contribution in [0.25, 0.3) is 22.0 Å². The van der Waals surface area contributed by atoms with Gasteiger partial charge in [-0.25, -0.2) is 0 Å². The average Bonchev–Trinajstić information content (AvgIpc) is 3.28. The Morgan fingerprint density at radius 3 is 2.47 bits per heavy atom. The number of nitrogens with one attached hydrogen (secondary N) is 3. The van der Waals surface area contributed by atoms with E-state index in [0.717, 1.165) is 16.3 Å². The van der Waals surface area contributed by atoms with Crippen molar-refractivity contribution >= 4 is 22.6 Å². The van der Waals surface area contributed by atoms with Crippen LogP contribution >= 0.6 is 0 Å². The number of benzene rings is 3. The molecule has 0 fully saturated rings. The molecular formula is C23H20N4O3. The molecule has 4 rings (SSSR count). The van der Waals surface area contributed by atoms with Crippen molar-refractivity contribution in [2.75, 3.05) is 0 Å². The maximum absolute atomic E-state index is 12.5. The molecule has 0 aliphatic rings. The van der Waals surface area contributed by atoms with Gasteiger partial charge in [0.2, 0.25) is 0 Å².